The average Bonchev–Trinajstić information content (AvgIpc) is 3.41. The number of aromatic nitrogens is 1. The number of carbonyl (C=O) groups excluding carboxylic acids is 1. The predicted molar refractivity (Wildman–Crippen MR) is 130 cm³/mol. The first kappa shape index (κ1) is 23.5. The molecule has 4 rings (SSSR count). The number of hydrogen-bond donors (Lipinski definition) is 0. The zero-order valence-corrected chi connectivity index (χ0v) is 20.4. The van der Waals surface area contributed by atoms with Crippen LogP contribution in [0.3, 0.4) is 0 Å². The van der Waals surface area contributed by atoms with E-state index in [1.54, 1.807) is 12.1 Å². The van der Waals surface area contributed by atoms with Gasteiger partial charge in [-0.05, 0) is 81.9 Å². The molecule has 1 aromatic carbocycles. The first-order valence-electron chi connectivity index (χ1n) is 11.5. The maximum absolute atomic E-state index is 13.5. The molecule has 0 radical (unpaired) electrons. The van der Waals surface area contributed by atoms with Crippen LogP contribution < -0.4 is 0 Å². The molecule has 2 saturated heterocycles. The zero-order chi connectivity index (χ0) is 23.8. The molecule has 0 spiro atoms. The maximum Gasteiger partial charge on any atom is 0.178 e. The monoisotopic (exact) mass is 465 g/mol. The van der Waals surface area contributed by atoms with E-state index in [0.29, 0.717) is 30.6 Å². The van der Waals surface area contributed by atoms with Crippen molar-refractivity contribution in [1.29, 1.82) is 5.26 Å². The van der Waals surface area contributed by atoms with E-state index in [4.69, 9.17) is 5.26 Å². The molecule has 1 aromatic heterocycles. The van der Waals surface area contributed by atoms with Crippen molar-refractivity contribution in [3.63, 3.8) is 0 Å². The fourth-order valence-corrected chi connectivity index (χ4v) is 6.05. The lowest BCUT2D eigenvalue weighted by Crippen LogP contribution is -2.34. The lowest BCUT2D eigenvalue weighted by Gasteiger charge is -2.20. The third-order valence-electron chi connectivity index (χ3n) is 7.09. The lowest BCUT2D eigenvalue weighted by atomic mass is 10.0. The molecule has 2 fully saturated rings. The quantitative estimate of drug-likeness (QED) is 0.545. The molecule has 174 valence electrons. The molecule has 2 aliphatic heterocycles. The summed E-state index contributed by atoms with van der Waals surface area (Å²) in [6.07, 6.45) is 10.2. The van der Waals surface area contributed by atoms with Gasteiger partial charge in [0.05, 0.1) is 23.9 Å². The van der Waals surface area contributed by atoms with E-state index < -0.39 is 9.84 Å². The SMILES string of the molecule is Cc1c(C(=O)CN2C3CCC2CC3)c(C)n(-c2ccc(C#N)cc2)c1C=CCCS(C)(=O)=O. The van der Waals surface area contributed by atoms with Crippen LogP contribution in [0.15, 0.2) is 30.3 Å². The van der Waals surface area contributed by atoms with E-state index >= 15 is 0 Å². The number of rotatable bonds is 8. The number of carbonyl (C=O) groups is 1. The van der Waals surface area contributed by atoms with Crippen molar-refractivity contribution < 1.29 is 13.2 Å². The van der Waals surface area contributed by atoms with Gasteiger partial charge in [-0.25, -0.2) is 8.42 Å². The number of nitrogens with zero attached hydrogens (tertiary/aromatic N) is 3. The summed E-state index contributed by atoms with van der Waals surface area (Å²) in [6.45, 7) is 4.38. The van der Waals surface area contributed by atoms with Gasteiger partial charge >= 0.3 is 0 Å². The smallest absolute Gasteiger partial charge is 0.178 e. The summed E-state index contributed by atoms with van der Waals surface area (Å²) in [7, 11) is -3.04. The Morgan fingerprint density at radius 1 is 1.12 bits per heavy atom. The van der Waals surface area contributed by atoms with E-state index in [-0.39, 0.29) is 11.5 Å². The number of benzene rings is 1. The summed E-state index contributed by atoms with van der Waals surface area (Å²) in [4.78, 5) is 15.9. The second-order valence-electron chi connectivity index (χ2n) is 9.34. The molecule has 3 heterocycles. The first-order chi connectivity index (χ1) is 15.7. The second kappa shape index (κ2) is 9.28. The van der Waals surface area contributed by atoms with Gasteiger partial charge in [0.25, 0.3) is 0 Å². The van der Waals surface area contributed by atoms with Crippen molar-refractivity contribution in [3.05, 3.63) is 58.4 Å². The molecule has 0 unspecified atom stereocenters. The van der Waals surface area contributed by atoms with Gasteiger partial charge in [0.1, 0.15) is 9.84 Å². The lowest BCUT2D eigenvalue weighted by molar-refractivity contribution is 0.0917. The van der Waals surface area contributed by atoms with E-state index in [2.05, 4.69) is 11.0 Å². The third kappa shape index (κ3) is 4.83. The van der Waals surface area contributed by atoms with Crippen LogP contribution in [0.1, 0.15) is 65.0 Å². The summed E-state index contributed by atoms with van der Waals surface area (Å²) in [5.74, 6) is 0.227. The highest BCUT2D eigenvalue weighted by atomic mass is 32.2. The Morgan fingerprint density at radius 2 is 1.73 bits per heavy atom. The standard InChI is InChI=1S/C26H31N3O3S/c1-18-24(6-4-5-15-33(3,31)32)29(23-9-7-20(16-27)8-10-23)19(2)26(18)25(30)17-28-21-11-12-22(28)14-13-21/h4,6-10,21-22H,5,11-15,17H2,1-3H3. The van der Waals surface area contributed by atoms with Gasteiger partial charge in [-0.1, -0.05) is 6.08 Å². The summed E-state index contributed by atoms with van der Waals surface area (Å²) < 4.78 is 25.1. The normalized spacial score (nSPS) is 20.5. The number of ketones is 1. The number of Topliss-reactive ketones (excluding diaryl/α,β-unsaturated/α-hetero) is 1. The van der Waals surface area contributed by atoms with Crippen LogP contribution in [-0.4, -0.2) is 54.3 Å². The Labute approximate surface area is 196 Å². The number of nitriles is 1. The molecule has 2 bridgehead atoms. The van der Waals surface area contributed by atoms with Crippen LogP contribution in [0.4, 0.5) is 0 Å². The fraction of sp³-hybridized carbons (Fsp3) is 0.462. The highest BCUT2D eigenvalue weighted by Gasteiger charge is 2.40. The Morgan fingerprint density at radius 3 is 2.27 bits per heavy atom. The molecule has 0 amide bonds. The number of allylic oxidation sites excluding steroid dienone is 1. The van der Waals surface area contributed by atoms with Gasteiger partial charge in [-0.15, -0.1) is 0 Å². The molecule has 0 aliphatic carbocycles. The minimum atomic E-state index is -3.04. The molecule has 2 aromatic rings. The Hall–Kier alpha value is -2.69. The molecule has 6 nitrogen and oxygen atoms in total. The first-order valence-corrected chi connectivity index (χ1v) is 13.6. The van der Waals surface area contributed by atoms with Crippen LogP contribution in [0.25, 0.3) is 11.8 Å². The Bertz CT molecular complexity index is 1210. The molecule has 0 N–H and O–H groups in total. The summed E-state index contributed by atoms with van der Waals surface area (Å²) >= 11 is 0. The summed E-state index contributed by atoms with van der Waals surface area (Å²) in [5.41, 5.74) is 4.84. The molecule has 0 atom stereocenters. The van der Waals surface area contributed by atoms with Crippen LogP contribution in [-0.2, 0) is 9.84 Å². The Kier molecular flexibility index (Phi) is 6.60. The van der Waals surface area contributed by atoms with Crippen molar-refractivity contribution in [3.8, 4) is 11.8 Å². The van der Waals surface area contributed by atoms with Crippen LogP contribution in [0.5, 0.6) is 0 Å². The van der Waals surface area contributed by atoms with E-state index in [1.807, 2.05) is 42.7 Å². The molecule has 0 saturated carbocycles. The van der Waals surface area contributed by atoms with Gasteiger partial charge in [-0.3, -0.25) is 9.69 Å². The molecule has 2 aliphatic rings. The molecular formula is C26H31N3O3S. The van der Waals surface area contributed by atoms with Gasteiger partial charge in [0.15, 0.2) is 5.78 Å². The fourth-order valence-electron chi connectivity index (χ4n) is 5.49. The van der Waals surface area contributed by atoms with Gasteiger partial charge in [0.2, 0.25) is 0 Å². The summed E-state index contributed by atoms with van der Waals surface area (Å²) in [5, 5.41) is 9.16. The molecule has 33 heavy (non-hydrogen) atoms. The van der Waals surface area contributed by atoms with Crippen LogP contribution in [0, 0.1) is 25.2 Å². The maximum atomic E-state index is 13.5. The Balaban J connectivity index is 1.70. The number of sulfone groups is 1. The third-order valence-corrected chi connectivity index (χ3v) is 8.07. The molecular weight excluding hydrogens is 434 g/mol. The van der Waals surface area contributed by atoms with Crippen molar-refractivity contribution in [1.82, 2.24) is 9.47 Å². The topological polar surface area (TPSA) is 83.2 Å². The highest BCUT2D eigenvalue weighted by Crippen LogP contribution is 2.38. The van der Waals surface area contributed by atoms with Gasteiger partial charge in [0, 0.05) is 41.0 Å². The minimum Gasteiger partial charge on any atom is -0.313 e. The van der Waals surface area contributed by atoms with Crippen molar-refractivity contribution >= 4 is 21.7 Å². The largest absolute Gasteiger partial charge is 0.313 e. The van der Waals surface area contributed by atoms with Gasteiger partial charge in [-0.2, -0.15) is 5.26 Å². The zero-order valence-electron chi connectivity index (χ0n) is 19.5. The van der Waals surface area contributed by atoms with E-state index in [0.717, 1.165) is 28.2 Å². The highest BCUT2D eigenvalue weighted by molar-refractivity contribution is 7.90. The van der Waals surface area contributed by atoms with Crippen molar-refractivity contribution in [2.24, 2.45) is 0 Å². The van der Waals surface area contributed by atoms with Crippen LogP contribution in [0.2, 0.25) is 0 Å². The predicted octanol–water partition coefficient (Wildman–Crippen LogP) is 4.22. The minimum absolute atomic E-state index is 0.0859. The summed E-state index contributed by atoms with van der Waals surface area (Å²) in [6, 6.07) is 10.5. The van der Waals surface area contributed by atoms with Crippen LogP contribution >= 0.6 is 0 Å². The van der Waals surface area contributed by atoms with Crippen molar-refractivity contribution in [2.75, 3.05) is 18.6 Å². The second-order valence-corrected chi connectivity index (χ2v) is 11.6. The molecule has 7 heteroatoms. The van der Waals surface area contributed by atoms with E-state index in [1.165, 1.54) is 31.9 Å². The van der Waals surface area contributed by atoms with Gasteiger partial charge < -0.3 is 4.57 Å². The number of hydrogen-bond acceptors (Lipinski definition) is 5. The van der Waals surface area contributed by atoms with E-state index in [9.17, 15) is 13.2 Å². The number of fused-ring (bicyclic) bond motifs is 2. The average molecular weight is 466 g/mol. The van der Waals surface area contributed by atoms with Crippen molar-refractivity contribution in [2.45, 2.75) is 58.0 Å².